The first-order valence-electron chi connectivity index (χ1n) is 8.15. The van der Waals surface area contributed by atoms with Crippen LogP contribution in [0.25, 0.3) is 0 Å². The molecule has 122 valence electrons. The molecule has 1 heterocycles. The SMILES string of the molecule is COc1ccccc1C[C@H](C)CC(=O)N1C[C@@H](C)N[C@H](C)C1. The maximum atomic E-state index is 12.5. The first kappa shape index (κ1) is 16.8. The van der Waals surface area contributed by atoms with Gasteiger partial charge < -0.3 is 15.0 Å². The van der Waals surface area contributed by atoms with E-state index in [4.69, 9.17) is 4.74 Å². The summed E-state index contributed by atoms with van der Waals surface area (Å²) in [6.07, 6.45) is 1.46. The highest BCUT2D eigenvalue weighted by Gasteiger charge is 2.25. The molecule has 1 aromatic carbocycles. The molecule has 4 heteroatoms. The highest BCUT2D eigenvalue weighted by molar-refractivity contribution is 5.76. The summed E-state index contributed by atoms with van der Waals surface area (Å²) in [6, 6.07) is 8.79. The van der Waals surface area contributed by atoms with Crippen molar-refractivity contribution in [2.24, 2.45) is 5.92 Å². The summed E-state index contributed by atoms with van der Waals surface area (Å²) in [5, 5.41) is 3.46. The minimum atomic E-state index is 0.266. The Balaban J connectivity index is 1.91. The number of nitrogens with zero attached hydrogens (tertiary/aromatic N) is 1. The molecule has 0 aromatic heterocycles. The second kappa shape index (κ2) is 7.63. The Kier molecular flexibility index (Phi) is 5.83. The molecule has 1 aliphatic heterocycles. The molecule has 1 saturated heterocycles. The molecule has 1 aromatic rings. The average Bonchev–Trinajstić information content (AvgIpc) is 2.46. The fraction of sp³-hybridized carbons (Fsp3) is 0.611. The summed E-state index contributed by atoms with van der Waals surface area (Å²) in [6.45, 7) is 8.02. The van der Waals surface area contributed by atoms with E-state index in [1.54, 1.807) is 7.11 Å². The van der Waals surface area contributed by atoms with Crippen molar-refractivity contribution in [1.82, 2.24) is 10.2 Å². The zero-order valence-corrected chi connectivity index (χ0v) is 14.1. The second-order valence-electron chi connectivity index (χ2n) is 6.59. The lowest BCUT2D eigenvalue weighted by Crippen LogP contribution is -2.56. The van der Waals surface area contributed by atoms with E-state index < -0.39 is 0 Å². The fourth-order valence-electron chi connectivity index (χ4n) is 3.28. The molecule has 4 nitrogen and oxygen atoms in total. The van der Waals surface area contributed by atoms with Gasteiger partial charge in [0.05, 0.1) is 7.11 Å². The predicted octanol–water partition coefficient (Wildman–Crippen LogP) is 2.47. The summed E-state index contributed by atoms with van der Waals surface area (Å²) in [5.74, 6) is 1.48. The number of carbonyl (C=O) groups excluding carboxylic acids is 1. The lowest BCUT2D eigenvalue weighted by atomic mass is 9.96. The van der Waals surface area contributed by atoms with E-state index in [0.29, 0.717) is 24.4 Å². The molecule has 22 heavy (non-hydrogen) atoms. The normalized spacial score (nSPS) is 23.2. The molecule has 1 fully saturated rings. The number of methoxy groups -OCH3 is 1. The van der Waals surface area contributed by atoms with Gasteiger partial charge in [-0.3, -0.25) is 4.79 Å². The van der Waals surface area contributed by atoms with E-state index in [2.05, 4.69) is 32.2 Å². The molecule has 1 N–H and O–H groups in total. The summed E-state index contributed by atoms with van der Waals surface area (Å²) in [7, 11) is 1.69. The van der Waals surface area contributed by atoms with Crippen molar-refractivity contribution in [3.63, 3.8) is 0 Å². The molecule has 1 aliphatic rings. The molecular weight excluding hydrogens is 276 g/mol. The Labute approximate surface area is 133 Å². The van der Waals surface area contributed by atoms with Gasteiger partial charge in [-0.1, -0.05) is 25.1 Å². The molecule has 0 aliphatic carbocycles. The zero-order valence-electron chi connectivity index (χ0n) is 14.1. The second-order valence-corrected chi connectivity index (χ2v) is 6.59. The number of hydrogen-bond acceptors (Lipinski definition) is 3. The van der Waals surface area contributed by atoms with Crippen molar-refractivity contribution in [2.75, 3.05) is 20.2 Å². The van der Waals surface area contributed by atoms with Crippen molar-refractivity contribution < 1.29 is 9.53 Å². The van der Waals surface area contributed by atoms with Crippen LogP contribution in [-0.4, -0.2) is 43.1 Å². The standard InChI is InChI=1S/C18H28N2O2/c1-13(9-16-7-5-6-8-17(16)22-4)10-18(21)20-11-14(2)19-15(3)12-20/h5-8,13-15,19H,9-12H2,1-4H3/t13-,14+,15+/m0/s1. The number of rotatable bonds is 5. The number of hydrogen-bond donors (Lipinski definition) is 1. The Morgan fingerprint density at radius 2 is 1.95 bits per heavy atom. The van der Waals surface area contributed by atoms with Crippen LogP contribution < -0.4 is 10.1 Å². The number of carbonyl (C=O) groups is 1. The third-order valence-corrected chi connectivity index (χ3v) is 4.19. The largest absolute Gasteiger partial charge is 0.496 e. The summed E-state index contributed by atoms with van der Waals surface area (Å²) in [5.41, 5.74) is 1.17. The van der Waals surface area contributed by atoms with Crippen molar-refractivity contribution >= 4 is 5.91 Å². The first-order chi connectivity index (χ1) is 10.5. The van der Waals surface area contributed by atoms with Crippen LogP contribution in [0.5, 0.6) is 5.75 Å². The quantitative estimate of drug-likeness (QED) is 0.908. The molecule has 2 rings (SSSR count). The lowest BCUT2D eigenvalue weighted by Gasteiger charge is -2.36. The highest BCUT2D eigenvalue weighted by atomic mass is 16.5. The number of ether oxygens (including phenoxy) is 1. The van der Waals surface area contributed by atoms with Gasteiger partial charge in [0, 0.05) is 31.6 Å². The minimum absolute atomic E-state index is 0.266. The van der Waals surface area contributed by atoms with E-state index in [1.165, 1.54) is 5.56 Å². The number of benzene rings is 1. The Morgan fingerprint density at radius 1 is 1.32 bits per heavy atom. The van der Waals surface area contributed by atoms with Gasteiger partial charge in [0.15, 0.2) is 0 Å². The Bertz CT molecular complexity index is 494. The van der Waals surface area contributed by atoms with E-state index in [-0.39, 0.29) is 5.91 Å². The third-order valence-electron chi connectivity index (χ3n) is 4.19. The highest BCUT2D eigenvalue weighted by Crippen LogP contribution is 2.22. The van der Waals surface area contributed by atoms with Crippen molar-refractivity contribution in [1.29, 1.82) is 0 Å². The average molecular weight is 304 g/mol. The first-order valence-corrected chi connectivity index (χ1v) is 8.15. The van der Waals surface area contributed by atoms with Crippen molar-refractivity contribution in [3.8, 4) is 5.75 Å². The molecule has 0 bridgehead atoms. The van der Waals surface area contributed by atoms with Crippen molar-refractivity contribution in [2.45, 2.75) is 45.7 Å². The van der Waals surface area contributed by atoms with Gasteiger partial charge in [-0.2, -0.15) is 0 Å². The third kappa shape index (κ3) is 4.47. The van der Waals surface area contributed by atoms with Crippen LogP contribution in [0.15, 0.2) is 24.3 Å². The molecular formula is C18H28N2O2. The summed E-state index contributed by atoms with van der Waals surface area (Å²) >= 11 is 0. The molecule has 0 unspecified atom stereocenters. The number of nitrogens with one attached hydrogen (secondary N) is 1. The van der Waals surface area contributed by atoms with Crippen LogP contribution in [0.3, 0.4) is 0 Å². The van der Waals surface area contributed by atoms with Crippen LogP contribution in [0.1, 0.15) is 32.8 Å². The van der Waals surface area contributed by atoms with Crippen molar-refractivity contribution in [3.05, 3.63) is 29.8 Å². The number of para-hydroxylation sites is 1. The minimum Gasteiger partial charge on any atom is -0.496 e. The van der Waals surface area contributed by atoms with E-state index in [0.717, 1.165) is 25.3 Å². The van der Waals surface area contributed by atoms with E-state index >= 15 is 0 Å². The van der Waals surface area contributed by atoms with E-state index in [1.807, 2.05) is 23.1 Å². The Hall–Kier alpha value is -1.55. The molecule has 3 atom stereocenters. The predicted molar refractivity (Wildman–Crippen MR) is 89.1 cm³/mol. The van der Waals surface area contributed by atoms with Crippen LogP contribution in [0.2, 0.25) is 0 Å². The monoisotopic (exact) mass is 304 g/mol. The van der Waals surface area contributed by atoms with Gasteiger partial charge in [0.2, 0.25) is 5.91 Å². The number of piperazine rings is 1. The van der Waals surface area contributed by atoms with Crippen LogP contribution in [-0.2, 0) is 11.2 Å². The molecule has 1 amide bonds. The van der Waals surface area contributed by atoms with Gasteiger partial charge in [-0.05, 0) is 37.8 Å². The summed E-state index contributed by atoms with van der Waals surface area (Å²) < 4.78 is 5.39. The topological polar surface area (TPSA) is 41.6 Å². The van der Waals surface area contributed by atoms with Crippen LogP contribution in [0, 0.1) is 5.92 Å². The molecule has 0 saturated carbocycles. The van der Waals surface area contributed by atoms with Crippen LogP contribution >= 0.6 is 0 Å². The van der Waals surface area contributed by atoms with Gasteiger partial charge in [0.25, 0.3) is 0 Å². The molecule has 0 spiro atoms. The zero-order chi connectivity index (χ0) is 16.1. The lowest BCUT2D eigenvalue weighted by molar-refractivity contribution is -0.133. The maximum Gasteiger partial charge on any atom is 0.222 e. The van der Waals surface area contributed by atoms with Crippen LogP contribution in [0.4, 0.5) is 0 Å². The number of amides is 1. The van der Waals surface area contributed by atoms with Gasteiger partial charge in [-0.25, -0.2) is 0 Å². The van der Waals surface area contributed by atoms with Gasteiger partial charge in [-0.15, -0.1) is 0 Å². The smallest absolute Gasteiger partial charge is 0.222 e. The van der Waals surface area contributed by atoms with E-state index in [9.17, 15) is 4.79 Å². The fourth-order valence-corrected chi connectivity index (χ4v) is 3.28. The van der Waals surface area contributed by atoms with Gasteiger partial charge >= 0.3 is 0 Å². The maximum absolute atomic E-state index is 12.5. The summed E-state index contributed by atoms with van der Waals surface area (Å²) in [4.78, 5) is 14.5. The molecule has 0 radical (unpaired) electrons. The Morgan fingerprint density at radius 3 is 2.59 bits per heavy atom. The van der Waals surface area contributed by atoms with Gasteiger partial charge in [0.1, 0.15) is 5.75 Å².